The third-order valence-electron chi connectivity index (χ3n) is 4.69. The Morgan fingerprint density at radius 3 is 2.89 bits per heavy atom. The molecule has 1 saturated heterocycles. The Balaban J connectivity index is 1.63. The summed E-state index contributed by atoms with van der Waals surface area (Å²) >= 11 is 0. The molecule has 0 radical (unpaired) electrons. The average Bonchev–Trinajstić information content (AvgIpc) is 3.17. The van der Waals surface area contributed by atoms with Crippen LogP contribution in [0.5, 0.6) is 0 Å². The molecule has 1 aliphatic heterocycles. The smallest absolute Gasteiger partial charge is 0.244 e. The highest BCUT2D eigenvalue weighted by Crippen LogP contribution is 2.21. The Morgan fingerprint density at radius 1 is 1.43 bits per heavy atom. The summed E-state index contributed by atoms with van der Waals surface area (Å²) in [6, 6.07) is 5.92. The second-order valence-electron chi connectivity index (χ2n) is 6.54. The zero-order valence-corrected chi connectivity index (χ0v) is 16.2. The van der Waals surface area contributed by atoms with Gasteiger partial charge in [-0.05, 0) is 44.0 Å². The number of sulfonamides is 1. The first kappa shape index (κ1) is 20.2. The van der Waals surface area contributed by atoms with Gasteiger partial charge >= 0.3 is 0 Å². The van der Waals surface area contributed by atoms with E-state index < -0.39 is 15.9 Å². The predicted molar refractivity (Wildman–Crippen MR) is 103 cm³/mol. The van der Waals surface area contributed by atoms with Crippen molar-refractivity contribution in [1.29, 1.82) is 0 Å². The van der Waals surface area contributed by atoms with Crippen LogP contribution in [0.25, 0.3) is 11.3 Å². The maximum Gasteiger partial charge on any atom is 0.244 e. The van der Waals surface area contributed by atoms with Gasteiger partial charge in [-0.15, -0.1) is 0 Å². The maximum atomic E-state index is 13.1. The molecule has 2 aromatic rings. The molecule has 10 heteroatoms. The van der Waals surface area contributed by atoms with Crippen LogP contribution >= 0.6 is 0 Å². The van der Waals surface area contributed by atoms with E-state index in [1.54, 1.807) is 25.3 Å². The molecule has 1 amide bonds. The third-order valence-corrected chi connectivity index (χ3v) is 6.54. The Morgan fingerprint density at radius 2 is 2.18 bits per heavy atom. The van der Waals surface area contributed by atoms with Gasteiger partial charge in [-0.1, -0.05) is 0 Å². The fraction of sp³-hybridized carbons (Fsp3) is 0.389. The topological polar surface area (TPSA) is 108 Å². The van der Waals surface area contributed by atoms with Crippen molar-refractivity contribution in [2.24, 2.45) is 11.0 Å². The monoisotopic (exact) mass is 407 g/mol. The molecule has 28 heavy (non-hydrogen) atoms. The normalized spacial score (nSPS) is 18.4. The lowest BCUT2D eigenvalue weighted by Gasteiger charge is -2.30. The number of H-pyrrole nitrogens is 1. The van der Waals surface area contributed by atoms with E-state index in [-0.39, 0.29) is 24.0 Å². The van der Waals surface area contributed by atoms with Gasteiger partial charge in [0.1, 0.15) is 5.82 Å². The first-order valence-corrected chi connectivity index (χ1v) is 10.6. The summed E-state index contributed by atoms with van der Waals surface area (Å²) in [4.78, 5) is 12.4. The molecule has 1 aliphatic rings. The first-order valence-electron chi connectivity index (χ1n) is 9.00. The summed E-state index contributed by atoms with van der Waals surface area (Å²) < 4.78 is 38.5. The van der Waals surface area contributed by atoms with Crippen molar-refractivity contribution in [2.45, 2.75) is 19.8 Å². The van der Waals surface area contributed by atoms with Crippen LogP contribution in [0.1, 0.15) is 25.3 Å². The zero-order chi connectivity index (χ0) is 20.1. The van der Waals surface area contributed by atoms with Gasteiger partial charge in [-0.2, -0.15) is 10.2 Å². The lowest BCUT2D eigenvalue weighted by atomic mass is 9.99. The highest BCUT2D eigenvalue weighted by molar-refractivity contribution is 7.89. The lowest BCUT2D eigenvalue weighted by molar-refractivity contribution is -0.126. The summed E-state index contributed by atoms with van der Waals surface area (Å²) in [6.45, 7) is 2.20. The quantitative estimate of drug-likeness (QED) is 0.562. The number of piperidine rings is 1. The lowest BCUT2D eigenvalue weighted by Crippen LogP contribution is -2.45. The number of nitrogens with one attached hydrogen (secondary N) is 2. The SMILES string of the molecule is CCS(=O)(=O)N1CCC[C@H](C(=O)N/N=C\c2cn[nH]c2-c2ccc(F)cc2)C1. The van der Waals surface area contributed by atoms with E-state index in [2.05, 4.69) is 20.7 Å². The Hall–Kier alpha value is -2.59. The molecule has 1 atom stereocenters. The van der Waals surface area contributed by atoms with Crippen LogP contribution in [0.2, 0.25) is 0 Å². The fourth-order valence-corrected chi connectivity index (χ4v) is 4.27. The number of benzene rings is 1. The van der Waals surface area contributed by atoms with Crippen LogP contribution in [-0.2, 0) is 14.8 Å². The van der Waals surface area contributed by atoms with Crippen molar-refractivity contribution in [3.8, 4) is 11.3 Å². The molecule has 3 rings (SSSR count). The van der Waals surface area contributed by atoms with Gasteiger partial charge in [-0.3, -0.25) is 9.89 Å². The van der Waals surface area contributed by atoms with Gasteiger partial charge in [-0.25, -0.2) is 22.5 Å². The van der Waals surface area contributed by atoms with Gasteiger partial charge in [0.05, 0.1) is 29.8 Å². The molecule has 1 aromatic carbocycles. The molecule has 0 spiro atoms. The number of carbonyl (C=O) groups excluding carboxylic acids is 1. The largest absolute Gasteiger partial charge is 0.277 e. The summed E-state index contributed by atoms with van der Waals surface area (Å²) in [7, 11) is -3.31. The van der Waals surface area contributed by atoms with Crippen molar-refractivity contribution in [2.75, 3.05) is 18.8 Å². The van der Waals surface area contributed by atoms with Crippen molar-refractivity contribution < 1.29 is 17.6 Å². The van der Waals surface area contributed by atoms with Gasteiger partial charge in [0.25, 0.3) is 0 Å². The van der Waals surface area contributed by atoms with Crippen molar-refractivity contribution in [3.63, 3.8) is 0 Å². The minimum Gasteiger partial charge on any atom is -0.277 e. The fourth-order valence-electron chi connectivity index (χ4n) is 3.09. The molecule has 0 saturated carbocycles. The van der Waals surface area contributed by atoms with E-state index in [0.29, 0.717) is 30.6 Å². The highest BCUT2D eigenvalue weighted by Gasteiger charge is 2.31. The summed E-state index contributed by atoms with van der Waals surface area (Å²) in [5.41, 5.74) is 4.49. The molecule has 8 nitrogen and oxygen atoms in total. The van der Waals surface area contributed by atoms with Crippen molar-refractivity contribution >= 4 is 22.1 Å². The van der Waals surface area contributed by atoms with E-state index in [9.17, 15) is 17.6 Å². The van der Waals surface area contributed by atoms with Gasteiger partial charge in [0.15, 0.2) is 0 Å². The minimum absolute atomic E-state index is 0.0200. The van der Waals surface area contributed by atoms with Crippen LogP contribution in [0.3, 0.4) is 0 Å². The number of amides is 1. The van der Waals surface area contributed by atoms with E-state index in [1.807, 2.05) is 0 Å². The third kappa shape index (κ3) is 4.63. The molecule has 2 heterocycles. The Kier molecular flexibility index (Phi) is 6.20. The second kappa shape index (κ2) is 8.61. The second-order valence-corrected chi connectivity index (χ2v) is 8.80. The molecular weight excluding hydrogens is 385 g/mol. The Labute approximate surface area is 162 Å². The number of hydrogen-bond acceptors (Lipinski definition) is 5. The molecular formula is C18H22FN5O3S. The van der Waals surface area contributed by atoms with E-state index in [4.69, 9.17) is 0 Å². The summed E-state index contributed by atoms with van der Waals surface area (Å²) in [6.07, 6.45) is 4.25. The number of aromatic nitrogens is 2. The zero-order valence-electron chi connectivity index (χ0n) is 15.4. The molecule has 0 bridgehead atoms. The summed E-state index contributed by atoms with van der Waals surface area (Å²) in [5.74, 6) is -1.07. The van der Waals surface area contributed by atoms with E-state index >= 15 is 0 Å². The average molecular weight is 407 g/mol. The van der Waals surface area contributed by atoms with Crippen LogP contribution in [0.4, 0.5) is 4.39 Å². The first-order chi connectivity index (χ1) is 13.4. The Bertz CT molecular complexity index is 956. The predicted octanol–water partition coefficient (Wildman–Crippen LogP) is 1.73. The molecule has 2 N–H and O–H groups in total. The number of aromatic amines is 1. The highest BCUT2D eigenvalue weighted by atomic mass is 32.2. The van der Waals surface area contributed by atoms with Crippen LogP contribution in [0.15, 0.2) is 35.6 Å². The van der Waals surface area contributed by atoms with Gasteiger partial charge in [0, 0.05) is 24.2 Å². The molecule has 0 unspecified atom stereocenters. The van der Waals surface area contributed by atoms with E-state index in [1.165, 1.54) is 22.7 Å². The number of nitrogens with zero attached hydrogens (tertiary/aromatic N) is 3. The van der Waals surface area contributed by atoms with Crippen LogP contribution in [-0.4, -0.2) is 53.9 Å². The van der Waals surface area contributed by atoms with Crippen molar-refractivity contribution in [3.05, 3.63) is 41.8 Å². The maximum absolute atomic E-state index is 13.1. The minimum atomic E-state index is -3.31. The van der Waals surface area contributed by atoms with Crippen molar-refractivity contribution in [1.82, 2.24) is 19.9 Å². The van der Waals surface area contributed by atoms with E-state index in [0.717, 1.165) is 5.56 Å². The number of hydrogen-bond donors (Lipinski definition) is 2. The van der Waals surface area contributed by atoms with Crippen LogP contribution < -0.4 is 5.43 Å². The number of rotatable bonds is 6. The molecule has 150 valence electrons. The molecule has 0 aliphatic carbocycles. The molecule has 1 aromatic heterocycles. The molecule has 1 fully saturated rings. The number of halogens is 1. The number of hydrazone groups is 1. The standard InChI is InChI=1S/C18H22FN5O3S/c1-2-28(26,27)24-9-3-4-14(12-24)18(25)23-21-11-15-10-20-22-17(15)13-5-7-16(19)8-6-13/h5-8,10-11,14H,2-4,9,12H2,1H3,(H,20,22)(H,23,25)/b21-11-/t14-/m0/s1. The van der Waals surface area contributed by atoms with Gasteiger partial charge in [0.2, 0.25) is 15.9 Å². The summed E-state index contributed by atoms with van der Waals surface area (Å²) in [5, 5.41) is 10.8. The van der Waals surface area contributed by atoms with Crippen LogP contribution in [0, 0.1) is 11.7 Å². The number of carbonyl (C=O) groups is 1. The van der Waals surface area contributed by atoms with Gasteiger partial charge < -0.3 is 0 Å².